The maximum atomic E-state index is 13.1. The number of imidazole rings is 1. The van der Waals surface area contributed by atoms with Crippen LogP contribution in [-0.4, -0.2) is 20.4 Å². The van der Waals surface area contributed by atoms with E-state index in [1.807, 2.05) is 17.5 Å². The molecule has 0 aliphatic rings. The maximum absolute atomic E-state index is 13.1. The molecule has 1 amide bonds. The quantitative estimate of drug-likeness (QED) is 0.601. The minimum Gasteiger partial charge on any atom is -0.360 e. The number of amides is 1. The van der Waals surface area contributed by atoms with E-state index < -0.39 is 0 Å². The molecule has 0 unspecified atom stereocenters. The second kappa shape index (κ2) is 5.82. The van der Waals surface area contributed by atoms with Crippen LogP contribution in [0.15, 0.2) is 41.1 Å². The average molecular weight is 356 g/mol. The van der Waals surface area contributed by atoms with Crippen molar-refractivity contribution < 1.29 is 13.7 Å². The summed E-state index contributed by atoms with van der Waals surface area (Å²) >= 11 is 1.28. The highest BCUT2D eigenvalue weighted by molar-refractivity contribution is 7.19. The first-order valence-electron chi connectivity index (χ1n) is 7.50. The Balaban J connectivity index is 1.65. The molecule has 0 aliphatic carbocycles. The zero-order valence-corrected chi connectivity index (χ0v) is 14.2. The highest BCUT2D eigenvalue weighted by Gasteiger charge is 2.19. The number of aryl methyl sites for hydroxylation is 2. The Bertz CT molecular complexity index is 1080. The predicted octanol–water partition coefficient (Wildman–Crippen LogP) is 4.06. The van der Waals surface area contributed by atoms with Gasteiger partial charge in [-0.3, -0.25) is 9.20 Å². The Morgan fingerprint density at radius 1 is 1.28 bits per heavy atom. The Morgan fingerprint density at radius 2 is 2.04 bits per heavy atom. The molecule has 0 saturated carbocycles. The first kappa shape index (κ1) is 15.5. The zero-order valence-electron chi connectivity index (χ0n) is 13.4. The number of thiazole rings is 1. The van der Waals surface area contributed by atoms with Crippen LogP contribution in [0.5, 0.6) is 0 Å². The normalized spacial score (nSPS) is 11.2. The van der Waals surface area contributed by atoms with Crippen LogP contribution in [0.4, 0.5) is 10.2 Å². The molecule has 3 heterocycles. The van der Waals surface area contributed by atoms with Crippen molar-refractivity contribution in [2.24, 2.45) is 0 Å². The van der Waals surface area contributed by atoms with Gasteiger partial charge in [-0.1, -0.05) is 16.5 Å². The number of carbonyl (C=O) groups excluding carboxylic acids is 1. The molecule has 0 radical (unpaired) electrons. The topological polar surface area (TPSA) is 72.4 Å². The third kappa shape index (κ3) is 2.80. The Morgan fingerprint density at radius 3 is 2.68 bits per heavy atom. The highest BCUT2D eigenvalue weighted by atomic mass is 32.1. The Hall–Kier alpha value is -3.00. The number of hydrogen-bond acceptors (Lipinski definition) is 5. The SMILES string of the molecule is Cc1cc(NC(=O)c2sc3nc(-c4ccc(F)cc4)cn3c2C)no1. The van der Waals surface area contributed by atoms with Crippen LogP contribution in [-0.2, 0) is 0 Å². The number of nitrogens with zero attached hydrogens (tertiary/aromatic N) is 3. The molecule has 126 valence electrons. The van der Waals surface area contributed by atoms with E-state index in [0.29, 0.717) is 21.4 Å². The number of fused-ring (bicyclic) bond motifs is 1. The predicted molar refractivity (Wildman–Crippen MR) is 92.4 cm³/mol. The highest BCUT2D eigenvalue weighted by Crippen LogP contribution is 2.27. The Labute approximate surface area is 145 Å². The summed E-state index contributed by atoms with van der Waals surface area (Å²) in [7, 11) is 0. The molecule has 0 atom stereocenters. The monoisotopic (exact) mass is 356 g/mol. The number of hydrogen-bond donors (Lipinski definition) is 1. The van der Waals surface area contributed by atoms with Crippen LogP contribution in [0, 0.1) is 19.7 Å². The minimum atomic E-state index is -0.289. The van der Waals surface area contributed by atoms with Gasteiger partial charge in [0.05, 0.1) is 5.69 Å². The Kier molecular flexibility index (Phi) is 3.61. The molecule has 0 saturated heterocycles. The van der Waals surface area contributed by atoms with Gasteiger partial charge >= 0.3 is 0 Å². The van der Waals surface area contributed by atoms with E-state index in [4.69, 9.17) is 4.52 Å². The van der Waals surface area contributed by atoms with Gasteiger partial charge in [-0.05, 0) is 38.1 Å². The number of carbonyl (C=O) groups is 1. The van der Waals surface area contributed by atoms with Crippen LogP contribution in [0.25, 0.3) is 16.2 Å². The summed E-state index contributed by atoms with van der Waals surface area (Å²) in [5, 5.41) is 6.46. The fraction of sp³-hybridized carbons (Fsp3) is 0.118. The van der Waals surface area contributed by atoms with E-state index >= 15 is 0 Å². The van der Waals surface area contributed by atoms with Gasteiger partial charge < -0.3 is 9.84 Å². The minimum absolute atomic E-state index is 0.260. The summed E-state index contributed by atoms with van der Waals surface area (Å²) in [6.07, 6.45) is 1.84. The summed E-state index contributed by atoms with van der Waals surface area (Å²) < 4.78 is 19.8. The molecule has 0 bridgehead atoms. The van der Waals surface area contributed by atoms with Crippen LogP contribution < -0.4 is 5.32 Å². The van der Waals surface area contributed by atoms with Gasteiger partial charge in [-0.15, -0.1) is 0 Å². The van der Waals surface area contributed by atoms with Crippen LogP contribution >= 0.6 is 11.3 Å². The van der Waals surface area contributed by atoms with E-state index in [2.05, 4.69) is 15.5 Å². The average Bonchev–Trinajstić information content (AvgIpc) is 3.25. The maximum Gasteiger partial charge on any atom is 0.268 e. The lowest BCUT2D eigenvalue weighted by Crippen LogP contribution is -2.12. The second-order valence-electron chi connectivity index (χ2n) is 5.58. The van der Waals surface area contributed by atoms with Crippen molar-refractivity contribution in [3.05, 3.63) is 58.7 Å². The lowest BCUT2D eigenvalue weighted by atomic mass is 10.2. The number of anilines is 1. The summed E-state index contributed by atoms with van der Waals surface area (Å²) in [5.41, 5.74) is 2.33. The summed E-state index contributed by atoms with van der Waals surface area (Å²) in [6, 6.07) is 7.80. The van der Waals surface area contributed by atoms with E-state index in [9.17, 15) is 9.18 Å². The van der Waals surface area contributed by atoms with Crippen molar-refractivity contribution in [2.45, 2.75) is 13.8 Å². The molecule has 25 heavy (non-hydrogen) atoms. The second-order valence-corrected chi connectivity index (χ2v) is 6.56. The van der Waals surface area contributed by atoms with Crippen LogP contribution in [0.1, 0.15) is 21.1 Å². The summed E-state index contributed by atoms with van der Waals surface area (Å²) in [5.74, 6) is 0.449. The number of rotatable bonds is 3. The van der Waals surface area contributed by atoms with Gasteiger partial charge in [0.1, 0.15) is 16.5 Å². The van der Waals surface area contributed by atoms with Crippen LogP contribution in [0.2, 0.25) is 0 Å². The molecule has 4 rings (SSSR count). The van der Waals surface area contributed by atoms with Gasteiger partial charge in [-0.25, -0.2) is 9.37 Å². The molecular weight excluding hydrogens is 343 g/mol. The van der Waals surface area contributed by atoms with E-state index in [-0.39, 0.29) is 11.7 Å². The van der Waals surface area contributed by atoms with E-state index in [1.165, 1.54) is 23.5 Å². The molecule has 4 aromatic rings. The molecule has 1 aromatic carbocycles. The smallest absolute Gasteiger partial charge is 0.268 e. The van der Waals surface area contributed by atoms with Gasteiger partial charge in [0.15, 0.2) is 10.8 Å². The van der Waals surface area contributed by atoms with Crippen molar-refractivity contribution >= 4 is 28.0 Å². The first-order valence-corrected chi connectivity index (χ1v) is 8.32. The molecule has 0 fully saturated rings. The largest absolute Gasteiger partial charge is 0.360 e. The number of nitrogens with one attached hydrogen (secondary N) is 1. The summed E-state index contributed by atoms with van der Waals surface area (Å²) in [6.45, 7) is 3.60. The van der Waals surface area contributed by atoms with Crippen molar-refractivity contribution in [3.8, 4) is 11.3 Å². The van der Waals surface area contributed by atoms with Crippen molar-refractivity contribution in [1.82, 2.24) is 14.5 Å². The lowest BCUT2D eigenvalue weighted by molar-refractivity contribution is 0.102. The molecule has 1 N–H and O–H groups in total. The van der Waals surface area contributed by atoms with E-state index in [0.717, 1.165) is 17.0 Å². The fourth-order valence-electron chi connectivity index (χ4n) is 2.52. The van der Waals surface area contributed by atoms with Gasteiger partial charge in [0.2, 0.25) is 0 Å². The lowest BCUT2D eigenvalue weighted by Gasteiger charge is -2.00. The molecule has 3 aromatic heterocycles. The molecule has 0 aliphatic heterocycles. The third-order valence-corrected chi connectivity index (χ3v) is 4.93. The van der Waals surface area contributed by atoms with Gasteiger partial charge in [0.25, 0.3) is 5.91 Å². The van der Waals surface area contributed by atoms with Crippen LogP contribution in [0.3, 0.4) is 0 Å². The number of halogens is 1. The third-order valence-electron chi connectivity index (χ3n) is 3.77. The van der Waals surface area contributed by atoms with Gasteiger partial charge in [-0.2, -0.15) is 0 Å². The number of aromatic nitrogens is 3. The molecule has 8 heteroatoms. The molecular formula is C17H13FN4O2S. The van der Waals surface area contributed by atoms with Crippen molar-refractivity contribution in [1.29, 1.82) is 0 Å². The van der Waals surface area contributed by atoms with Crippen molar-refractivity contribution in [3.63, 3.8) is 0 Å². The fourth-order valence-corrected chi connectivity index (χ4v) is 3.52. The standard InChI is InChI=1S/C17H13FN4O2S/c1-9-7-14(21-24-9)20-16(23)15-10(2)22-8-13(19-17(22)25-15)11-3-5-12(18)6-4-11/h3-8H,1-2H3,(H,20,21,23). The molecule has 0 spiro atoms. The first-order chi connectivity index (χ1) is 12.0. The van der Waals surface area contributed by atoms with Crippen molar-refractivity contribution in [2.75, 3.05) is 5.32 Å². The molecule has 6 nitrogen and oxygen atoms in total. The van der Waals surface area contributed by atoms with E-state index in [1.54, 1.807) is 25.1 Å². The number of benzene rings is 1. The zero-order chi connectivity index (χ0) is 17.6. The summed E-state index contributed by atoms with van der Waals surface area (Å²) in [4.78, 5) is 18.2. The van der Waals surface area contributed by atoms with Gasteiger partial charge in [0, 0.05) is 23.5 Å².